The third-order valence-electron chi connectivity index (χ3n) is 1.56. The van der Waals surface area contributed by atoms with Gasteiger partial charge in [0.05, 0.1) is 11.6 Å². The lowest BCUT2D eigenvalue weighted by atomic mass is 10.1. The van der Waals surface area contributed by atoms with E-state index < -0.39 is 0 Å². The highest BCUT2D eigenvalue weighted by atomic mass is 35.5. The van der Waals surface area contributed by atoms with Crippen LogP contribution < -0.4 is 0 Å². The quantitative estimate of drug-likeness (QED) is 0.628. The topological polar surface area (TPSA) is 23.8 Å². The second kappa shape index (κ2) is 3.41. The lowest BCUT2D eigenvalue weighted by Gasteiger charge is -1.98. The van der Waals surface area contributed by atoms with Crippen LogP contribution in [0.3, 0.4) is 0 Å². The standard InChI is InChI=1S/C9H8ClN/c1-2-8-4-3-7(6-11)5-9(8)10/h3-5H,2H2,1H3. The van der Waals surface area contributed by atoms with Gasteiger partial charge in [0, 0.05) is 5.02 Å². The molecule has 0 aliphatic carbocycles. The normalized spacial score (nSPS) is 9.18. The van der Waals surface area contributed by atoms with Crippen molar-refractivity contribution in [3.05, 3.63) is 34.3 Å². The molecule has 0 heterocycles. The molecule has 0 aromatic heterocycles. The SMILES string of the molecule is CCc1ccc(C#N)cc1Cl. The van der Waals surface area contributed by atoms with Gasteiger partial charge in [-0.15, -0.1) is 0 Å². The van der Waals surface area contributed by atoms with E-state index in [0.717, 1.165) is 12.0 Å². The largest absolute Gasteiger partial charge is 0.192 e. The molecule has 1 rings (SSSR count). The summed E-state index contributed by atoms with van der Waals surface area (Å²) in [5, 5.41) is 9.20. The number of nitriles is 1. The van der Waals surface area contributed by atoms with Crippen LogP contribution in [0.4, 0.5) is 0 Å². The summed E-state index contributed by atoms with van der Waals surface area (Å²) >= 11 is 5.86. The zero-order chi connectivity index (χ0) is 8.27. The summed E-state index contributed by atoms with van der Waals surface area (Å²) in [6.45, 7) is 2.03. The van der Waals surface area contributed by atoms with Gasteiger partial charge in [-0.25, -0.2) is 0 Å². The van der Waals surface area contributed by atoms with Gasteiger partial charge in [-0.05, 0) is 24.1 Å². The summed E-state index contributed by atoms with van der Waals surface area (Å²) in [5.41, 5.74) is 1.71. The molecule has 0 radical (unpaired) electrons. The first kappa shape index (κ1) is 8.10. The van der Waals surface area contributed by atoms with Crippen LogP contribution in [0.1, 0.15) is 18.1 Å². The average molecular weight is 166 g/mol. The molecule has 0 bridgehead atoms. The number of halogens is 1. The molecule has 0 amide bonds. The Balaban J connectivity index is 3.12. The Kier molecular flexibility index (Phi) is 2.51. The van der Waals surface area contributed by atoms with E-state index in [2.05, 4.69) is 0 Å². The molecule has 1 aromatic carbocycles. The van der Waals surface area contributed by atoms with Gasteiger partial charge in [0.25, 0.3) is 0 Å². The Morgan fingerprint density at radius 3 is 2.73 bits per heavy atom. The van der Waals surface area contributed by atoms with E-state index >= 15 is 0 Å². The Morgan fingerprint density at radius 1 is 1.55 bits per heavy atom. The maximum Gasteiger partial charge on any atom is 0.0992 e. The van der Waals surface area contributed by atoms with Crippen molar-refractivity contribution in [2.24, 2.45) is 0 Å². The number of nitrogens with zero attached hydrogens (tertiary/aromatic N) is 1. The molecule has 0 fully saturated rings. The maximum atomic E-state index is 8.52. The second-order valence-electron chi connectivity index (χ2n) is 2.27. The minimum Gasteiger partial charge on any atom is -0.192 e. The average Bonchev–Trinajstić information content (AvgIpc) is 2.04. The van der Waals surface area contributed by atoms with Gasteiger partial charge in [0.2, 0.25) is 0 Å². The van der Waals surface area contributed by atoms with Crippen molar-refractivity contribution >= 4 is 11.6 Å². The van der Waals surface area contributed by atoms with Crippen LogP contribution >= 0.6 is 11.6 Å². The monoisotopic (exact) mass is 165 g/mol. The highest BCUT2D eigenvalue weighted by Crippen LogP contribution is 2.17. The van der Waals surface area contributed by atoms with E-state index in [1.807, 2.05) is 19.1 Å². The fraction of sp³-hybridized carbons (Fsp3) is 0.222. The molecule has 0 unspecified atom stereocenters. The summed E-state index contributed by atoms with van der Waals surface area (Å²) in [5.74, 6) is 0. The van der Waals surface area contributed by atoms with Gasteiger partial charge in [-0.2, -0.15) is 5.26 Å². The second-order valence-corrected chi connectivity index (χ2v) is 2.68. The molecule has 2 heteroatoms. The molecule has 56 valence electrons. The summed E-state index contributed by atoms with van der Waals surface area (Å²) in [4.78, 5) is 0. The van der Waals surface area contributed by atoms with Crippen LogP contribution in [-0.2, 0) is 6.42 Å². The highest BCUT2D eigenvalue weighted by Gasteiger charge is 1.97. The lowest BCUT2D eigenvalue weighted by Crippen LogP contribution is -1.82. The highest BCUT2D eigenvalue weighted by molar-refractivity contribution is 6.31. The number of rotatable bonds is 1. The first-order chi connectivity index (χ1) is 5.27. The van der Waals surface area contributed by atoms with E-state index in [0.29, 0.717) is 10.6 Å². The third-order valence-corrected chi connectivity index (χ3v) is 1.91. The molecule has 0 spiro atoms. The number of aryl methyl sites for hydroxylation is 1. The van der Waals surface area contributed by atoms with Gasteiger partial charge in [0.1, 0.15) is 0 Å². The van der Waals surface area contributed by atoms with E-state index in [4.69, 9.17) is 16.9 Å². The van der Waals surface area contributed by atoms with Crippen LogP contribution in [0, 0.1) is 11.3 Å². The number of hydrogen-bond acceptors (Lipinski definition) is 1. The molecule has 0 saturated carbocycles. The molecular formula is C9H8ClN. The Bertz CT molecular complexity index is 299. The van der Waals surface area contributed by atoms with Crippen molar-refractivity contribution in [3.8, 4) is 6.07 Å². The van der Waals surface area contributed by atoms with E-state index in [-0.39, 0.29) is 0 Å². The van der Waals surface area contributed by atoms with Gasteiger partial charge < -0.3 is 0 Å². The van der Waals surface area contributed by atoms with Crippen molar-refractivity contribution in [3.63, 3.8) is 0 Å². The Morgan fingerprint density at radius 2 is 2.27 bits per heavy atom. The summed E-state index contributed by atoms with van der Waals surface area (Å²) in [6.07, 6.45) is 0.907. The minimum atomic E-state index is 0.618. The fourth-order valence-electron chi connectivity index (χ4n) is 0.904. The zero-order valence-corrected chi connectivity index (χ0v) is 7.02. The lowest BCUT2D eigenvalue weighted by molar-refractivity contribution is 1.14. The predicted molar refractivity (Wildman–Crippen MR) is 45.5 cm³/mol. The molecule has 11 heavy (non-hydrogen) atoms. The number of benzene rings is 1. The molecule has 1 nitrogen and oxygen atoms in total. The van der Waals surface area contributed by atoms with Crippen LogP contribution in [0.25, 0.3) is 0 Å². The third kappa shape index (κ3) is 1.72. The van der Waals surface area contributed by atoms with Gasteiger partial charge in [0.15, 0.2) is 0 Å². The molecule has 0 aliphatic rings. The summed E-state index contributed by atoms with van der Waals surface area (Å²) in [6, 6.07) is 7.40. The first-order valence-corrected chi connectivity index (χ1v) is 3.84. The smallest absolute Gasteiger partial charge is 0.0992 e. The number of hydrogen-bond donors (Lipinski definition) is 0. The van der Waals surface area contributed by atoms with E-state index in [9.17, 15) is 0 Å². The Labute approximate surface area is 71.2 Å². The van der Waals surface area contributed by atoms with Crippen molar-refractivity contribution in [1.82, 2.24) is 0 Å². The van der Waals surface area contributed by atoms with Crippen molar-refractivity contribution in [2.75, 3.05) is 0 Å². The van der Waals surface area contributed by atoms with E-state index in [1.165, 1.54) is 0 Å². The van der Waals surface area contributed by atoms with Gasteiger partial charge in [-0.3, -0.25) is 0 Å². The Hall–Kier alpha value is -1.00. The van der Waals surface area contributed by atoms with Crippen LogP contribution in [0.2, 0.25) is 5.02 Å². The van der Waals surface area contributed by atoms with Crippen LogP contribution in [0.15, 0.2) is 18.2 Å². The molecule has 0 aliphatic heterocycles. The van der Waals surface area contributed by atoms with Crippen molar-refractivity contribution in [1.29, 1.82) is 5.26 Å². The molecule has 1 aromatic rings. The molecule has 0 atom stereocenters. The van der Waals surface area contributed by atoms with Crippen molar-refractivity contribution < 1.29 is 0 Å². The van der Waals surface area contributed by atoms with Crippen molar-refractivity contribution in [2.45, 2.75) is 13.3 Å². The first-order valence-electron chi connectivity index (χ1n) is 3.46. The van der Waals surface area contributed by atoms with Gasteiger partial charge >= 0.3 is 0 Å². The minimum absolute atomic E-state index is 0.618. The summed E-state index contributed by atoms with van der Waals surface area (Å²) in [7, 11) is 0. The maximum absolute atomic E-state index is 8.52. The molecular weight excluding hydrogens is 158 g/mol. The van der Waals surface area contributed by atoms with Gasteiger partial charge in [-0.1, -0.05) is 24.6 Å². The fourth-order valence-corrected chi connectivity index (χ4v) is 1.22. The van der Waals surface area contributed by atoms with Crippen LogP contribution in [0.5, 0.6) is 0 Å². The van der Waals surface area contributed by atoms with E-state index in [1.54, 1.807) is 12.1 Å². The molecule has 0 N–H and O–H groups in total. The van der Waals surface area contributed by atoms with Crippen LogP contribution in [-0.4, -0.2) is 0 Å². The zero-order valence-electron chi connectivity index (χ0n) is 6.26. The summed E-state index contributed by atoms with van der Waals surface area (Å²) < 4.78 is 0. The molecule has 0 saturated heterocycles. The predicted octanol–water partition coefficient (Wildman–Crippen LogP) is 2.77.